The van der Waals surface area contributed by atoms with Gasteiger partial charge in [0.1, 0.15) is 5.76 Å². The molecule has 84 valence electrons. The molecule has 0 aliphatic heterocycles. The van der Waals surface area contributed by atoms with Crippen molar-refractivity contribution >= 4 is 0 Å². The van der Waals surface area contributed by atoms with E-state index in [-0.39, 0.29) is 0 Å². The van der Waals surface area contributed by atoms with E-state index in [1.54, 1.807) is 6.26 Å². The van der Waals surface area contributed by atoms with Gasteiger partial charge in [-0.3, -0.25) is 0 Å². The van der Waals surface area contributed by atoms with Gasteiger partial charge in [-0.25, -0.2) is 0 Å². The molecule has 0 amide bonds. The maximum Gasteiger partial charge on any atom is 0.120 e. The van der Waals surface area contributed by atoms with Crippen LogP contribution in [-0.2, 0) is 0 Å². The molecule has 1 N–H and O–H groups in total. The molecule has 2 rings (SSSR count). The number of rotatable bonds is 3. The smallest absolute Gasteiger partial charge is 0.120 e. The van der Waals surface area contributed by atoms with Gasteiger partial charge in [-0.15, -0.1) is 0 Å². The van der Waals surface area contributed by atoms with Crippen molar-refractivity contribution in [2.45, 2.75) is 51.6 Å². The Labute approximate surface area is 92.1 Å². The van der Waals surface area contributed by atoms with Gasteiger partial charge in [0.05, 0.1) is 12.3 Å². The largest absolute Gasteiger partial charge is 0.468 e. The second-order valence-electron chi connectivity index (χ2n) is 4.77. The molecule has 1 saturated carbocycles. The third-order valence-electron chi connectivity index (χ3n) is 3.55. The van der Waals surface area contributed by atoms with Crippen LogP contribution in [0.5, 0.6) is 0 Å². The summed E-state index contributed by atoms with van der Waals surface area (Å²) < 4.78 is 5.41. The van der Waals surface area contributed by atoms with E-state index in [9.17, 15) is 0 Å². The molecular formula is C13H21NO. The summed E-state index contributed by atoms with van der Waals surface area (Å²) in [5.41, 5.74) is 0. The molecule has 0 radical (unpaired) electrons. The number of furan rings is 1. The van der Waals surface area contributed by atoms with Crippen LogP contribution in [-0.4, -0.2) is 6.04 Å². The summed E-state index contributed by atoms with van der Waals surface area (Å²) in [6.45, 7) is 4.53. The lowest BCUT2D eigenvalue weighted by Crippen LogP contribution is -2.38. The van der Waals surface area contributed by atoms with Crippen molar-refractivity contribution in [3.05, 3.63) is 24.2 Å². The zero-order chi connectivity index (χ0) is 10.7. The summed E-state index contributed by atoms with van der Waals surface area (Å²) in [6, 6.07) is 5.01. The molecule has 2 nitrogen and oxygen atoms in total. The van der Waals surface area contributed by atoms with Gasteiger partial charge in [0.15, 0.2) is 0 Å². The Kier molecular flexibility index (Phi) is 3.47. The van der Waals surface area contributed by atoms with Gasteiger partial charge in [-0.1, -0.05) is 19.8 Å². The van der Waals surface area contributed by atoms with Gasteiger partial charge in [0, 0.05) is 6.04 Å². The predicted octanol–water partition coefficient (Wildman–Crippen LogP) is 3.51. The molecular weight excluding hydrogens is 186 g/mol. The molecule has 1 aliphatic carbocycles. The third-order valence-corrected chi connectivity index (χ3v) is 3.55. The van der Waals surface area contributed by atoms with Crippen molar-refractivity contribution < 1.29 is 4.42 Å². The first-order valence-corrected chi connectivity index (χ1v) is 6.07. The lowest BCUT2D eigenvalue weighted by Gasteiger charge is -2.31. The van der Waals surface area contributed by atoms with Crippen LogP contribution >= 0.6 is 0 Å². The first kappa shape index (κ1) is 10.7. The Balaban J connectivity index is 1.90. The van der Waals surface area contributed by atoms with E-state index < -0.39 is 0 Å². The minimum absolute atomic E-state index is 0.338. The van der Waals surface area contributed by atoms with Gasteiger partial charge < -0.3 is 9.73 Å². The van der Waals surface area contributed by atoms with Crippen LogP contribution in [0.25, 0.3) is 0 Å². The maximum absolute atomic E-state index is 5.41. The molecule has 0 aromatic carbocycles. The number of hydrogen-bond acceptors (Lipinski definition) is 2. The highest BCUT2D eigenvalue weighted by Crippen LogP contribution is 2.26. The molecule has 1 aromatic rings. The minimum Gasteiger partial charge on any atom is -0.468 e. The van der Waals surface area contributed by atoms with Gasteiger partial charge in [0.25, 0.3) is 0 Å². The minimum atomic E-state index is 0.338. The molecule has 1 fully saturated rings. The first-order valence-electron chi connectivity index (χ1n) is 6.07. The zero-order valence-electron chi connectivity index (χ0n) is 9.70. The molecule has 0 spiro atoms. The quantitative estimate of drug-likeness (QED) is 0.820. The van der Waals surface area contributed by atoms with E-state index >= 15 is 0 Å². The molecule has 2 heteroatoms. The highest BCUT2D eigenvalue weighted by molar-refractivity contribution is 5.03. The third kappa shape index (κ3) is 2.63. The standard InChI is InChI=1S/C13H21NO/c1-10-6-3-4-7-12(10)14-11(2)13-8-5-9-15-13/h5,8-12,14H,3-4,6-7H2,1-2H3. The summed E-state index contributed by atoms with van der Waals surface area (Å²) in [5.74, 6) is 1.85. The van der Waals surface area contributed by atoms with Crippen molar-refractivity contribution in [3.63, 3.8) is 0 Å². The van der Waals surface area contributed by atoms with Gasteiger partial charge >= 0.3 is 0 Å². The average molecular weight is 207 g/mol. The van der Waals surface area contributed by atoms with E-state index in [1.807, 2.05) is 12.1 Å². The van der Waals surface area contributed by atoms with Gasteiger partial charge in [-0.05, 0) is 37.8 Å². The summed E-state index contributed by atoms with van der Waals surface area (Å²) in [4.78, 5) is 0. The predicted molar refractivity (Wildman–Crippen MR) is 61.7 cm³/mol. The lowest BCUT2D eigenvalue weighted by atomic mass is 9.85. The topological polar surface area (TPSA) is 25.2 Å². The molecule has 1 heterocycles. The molecule has 3 unspecified atom stereocenters. The molecule has 15 heavy (non-hydrogen) atoms. The van der Waals surface area contributed by atoms with Crippen LogP contribution in [0.4, 0.5) is 0 Å². The summed E-state index contributed by atoms with van der Waals surface area (Å²) in [5, 5.41) is 3.68. The SMILES string of the molecule is CC(NC1CCCCC1C)c1ccco1. The highest BCUT2D eigenvalue weighted by atomic mass is 16.3. The van der Waals surface area contributed by atoms with Crippen molar-refractivity contribution in [3.8, 4) is 0 Å². The Morgan fingerprint density at radius 3 is 2.87 bits per heavy atom. The Morgan fingerprint density at radius 2 is 2.20 bits per heavy atom. The fourth-order valence-electron chi connectivity index (χ4n) is 2.50. The molecule has 1 aromatic heterocycles. The molecule has 0 bridgehead atoms. The summed E-state index contributed by atoms with van der Waals surface area (Å²) in [7, 11) is 0. The van der Waals surface area contributed by atoms with Crippen LogP contribution in [0.15, 0.2) is 22.8 Å². The second kappa shape index (κ2) is 4.84. The Bertz CT molecular complexity index is 281. The normalized spacial score (nSPS) is 28.9. The maximum atomic E-state index is 5.41. The van der Waals surface area contributed by atoms with Crippen molar-refractivity contribution in [1.29, 1.82) is 0 Å². The van der Waals surface area contributed by atoms with Crippen LogP contribution in [0.3, 0.4) is 0 Å². The van der Waals surface area contributed by atoms with Crippen molar-refractivity contribution in [2.75, 3.05) is 0 Å². The zero-order valence-corrected chi connectivity index (χ0v) is 9.70. The van der Waals surface area contributed by atoms with Crippen molar-refractivity contribution in [2.24, 2.45) is 5.92 Å². The lowest BCUT2D eigenvalue weighted by molar-refractivity contribution is 0.253. The highest BCUT2D eigenvalue weighted by Gasteiger charge is 2.23. The molecule has 0 saturated heterocycles. The number of hydrogen-bond donors (Lipinski definition) is 1. The summed E-state index contributed by atoms with van der Waals surface area (Å²) >= 11 is 0. The fraction of sp³-hybridized carbons (Fsp3) is 0.692. The van der Waals surface area contributed by atoms with E-state index in [0.717, 1.165) is 11.7 Å². The van der Waals surface area contributed by atoms with Crippen LogP contribution in [0.1, 0.15) is 51.3 Å². The summed E-state index contributed by atoms with van der Waals surface area (Å²) in [6.07, 6.45) is 7.19. The van der Waals surface area contributed by atoms with E-state index in [0.29, 0.717) is 12.1 Å². The van der Waals surface area contributed by atoms with Crippen molar-refractivity contribution in [1.82, 2.24) is 5.32 Å². The average Bonchev–Trinajstić information content (AvgIpc) is 2.74. The van der Waals surface area contributed by atoms with Gasteiger partial charge in [-0.2, -0.15) is 0 Å². The second-order valence-corrected chi connectivity index (χ2v) is 4.77. The first-order chi connectivity index (χ1) is 7.27. The van der Waals surface area contributed by atoms with E-state index in [1.165, 1.54) is 25.7 Å². The Morgan fingerprint density at radius 1 is 1.40 bits per heavy atom. The number of nitrogens with one attached hydrogen (secondary N) is 1. The fourth-order valence-corrected chi connectivity index (χ4v) is 2.50. The van der Waals surface area contributed by atoms with E-state index in [4.69, 9.17) is 4.42 Å². The van der Waals surface area contributed by atoms with Gasteiger partial charge in [0.2, 0.25) is 0 Å². The monoisotopic (exact) mass is 207 g/mol. The molecule has 1 aliphatic rings. The Hall–Kier alpha value is -0.760. The molecule has 3 atom stereocenters. The van der Waals surface area contributed by atoms with Crippen LogP contribution in [0, 0.1) is 5.92 Å². The van der Waals surface area contributed by atoms with E-state index in [2.05, 4.69) is 19.2 Å². The van der Waals surface area contributed by atoms with Crippen LogP contribution < -0.4 is 5.32 Å². The van der Waals surface area contributed by atoms with Crippen LogP contribution in [0.2, 0.25) is 0 Å².